The molecule has 4 aliphatic rings. The summed E-state index contributed by atoms with van der Waals surface area (Å²) in [6.45, 7) is 66.8. The molecule has 6 nitrogen and oxygen atoms in total. The van der Waals surface area contributed by atoms with Crippen molar-refractivity contribution >= 4 is 0 Å². The third-order valence-corrected chi connectivity index (χ3v) is 15.3. The third kappa shape index (κ3) is 22.2. The summed E-state index contributed by atoms with van der Waals surface area (Å²) in [6, 6.07) is 4.74. The minimum absolute atomic E-state index is 0. The lowest BCUT2D eigenvalue weighted by atomic mass is 9.72. The van der Waals surface area contributed by atoms with Crippen molar-refractivity contribution in [2.24, 2.45) is 65.1 Å². The van der Waals surface area contributed by atoms with Crippen molar-refractivity contribution in [3.05, 3.63) is 0 Å². The van der Waals surface area contributed by atoms with Gasteiger partial charge >= 0.3 is 0 Å². The van der Waals surface area contributed by atoms with E-state index in [-0.39, 0.29) is 29.7 Å². The molecule has 8 unspecified atom stereocenters. The van der Waals surface area contributed by atoms with Gasteiger partial charge in [-0.15, -0.1) is 0 Å². The summed E-state index contributed by atoms with van der Waals surface area (Å²) in [5.74, 6) is 8.73. The summed E-state index contributed by atoms with van der Waals surface area (Å²) in [5, 5.41) is 3.69. The predicted molar refractivity (Wildman–Crippen MR) is 300 cm³/mol. The predicted octanol–water partition coefficient (Wildman–Crippen LogP) is 15.5. The van der Waals surface area contributed by atoms with Crippen molar-refractivity contribution in [1.29, 1.82) is 0 Å². The molecule has 0 bridgehead atoms. The average Bonchev–Trinajstić information content (AvgIpc) is 3.16. The van der Waals surface area contributed by atoms with E-state index < -0.39 is 0 Å². The summed E-state index contributed by atoms with van der Waals surface area (Å²) in [4.78, 5) is 10.7. The van der Waals surface area contributed by atoms with Crippen LogP contribution >= 0.6 is 0 Å². The van der Waals surface area contributed by atoms with Gasteiger partial charge in [-0.25, -0.2) is 0 Å². The van der Waals surface area contributed by atoms with E-state index in [1.165, 1.54) is 45.4 Å². The van der Waals surface area contributed by atoms with Gasteiger partial charge in [0.05, 0.1) is 12.7 Å². The first-order valence-corrected chi connectivity index (χ1v) is 26.4. The number of hydrogen-bond donors (Lipinski definition) is 1. The van der Waals surface area contributed by atoms with Crippen LogP contribution in [-0.2, 0) is 4.74 Å². The molecule has 65 heavy (non-hydrogen) atoms. The molecule has 0 spiro atoms. The van der Waals surface area contributed by atoms with Crippen LogP contribution in [0.3, 0.4) is 0 Å². The lowest BCUT2D eigenvalue weighted by Gasteiger charge is -2.48. The van der Waals surface area contributed by atoms with E-state index in [9.17, 15) is 0 Å². The quantitative estimate of drug-likeness (QED) is 0.222. The SMILES string of the molecule is C.C.C.C.CC(C)C1CCCN(C(C)C)C1C(C)C.CC(C)C1CCN(C(C)(C)C)CC1C(C)C.CC(C)C1NCCN(C(C)C)C1C(C)C.CC(C)C1OCCN(C(C)C)C1C(C)C. The maximum atomic E-state index is 5.95. The fraction of sp³-hybridized carbons (Fsp3) is 1.00. The Labute approximate surface area is 415 Å². The van der Waals surface area contributed by atoms with E-state index in [0.717, 1.165) is 79.0 Å². The Bertz CT molecular complexity index is 974. The minimum atomic E-state index is 0. The van der Waals surface area contributed by atoms with Gasteiger partial charge in [0.15, 0.2) is 0 Å². The average molecular weight is 927 g/mol. The molecule has 0 aromatic carbocycles. The van der Waals surface area contributed by atoms with Gasteiger partial charge < -0.3 is 10.1 Å². The fourth-order valence-electron chi connectivity index (χ4n) is 12.0. The second-order valence-corrected chi connectivity index (χ2v) is 24.8. The molecule has 1 N–H and O–H groups in total. The van der Waals surface area contributed by atoms with Crippen molar-refractivity contribution in [3.63, 3.8) is 0 Å². The Morgan fingerprint density at radius 3 is 1.23 bits per heavy atom. The van der Waals surface area contributed by atoms with E-state index in [4.69, 9.17) is 4.74 Å². The zero-order chi connectivity index (χ0) is 47.3. The molecule has 398 valence electrons. The fourth-order valence-corrected chi connectivity index (χ4v) is 12.0. The zero-order valence-electron chi connectivity index (χ0n) is 46.2. The van der Waals surface area contributed by atoms with E-state index in [1.807, 2.05) is 0 Å². The first-order chi connectivity index (χ1) is 28.1. The van der Waals surface area contributed by atoms with E-state index in [2.05, 4.69) is 198 Å². The van der Waals surface area contributed by atoms with Crippen LogP contribution in [0.15, 0.2) is 0 Å². The van der Waals surface area contributed by atoms with Crippen LogP contribution < -0.4 is 5.32 Å². The number of nitrogens with one attached hydrogen (secondary N) is 1. The molecule has 4 rings (SSSR count). The summed E-state index contributed by atoms with van der Waals surface area (Å²) < 4.78 is 5.95. The lowest BCUT2D eigenvalue weighted by Crippen LogP contribution is -2.63. The van der Waals surface area contributed by atoms with E-state index in [1.54, 1.807) is 0 Å². The number of nitrogens with zero attached hydrogens (tertiary/aromatic N) is 4. The molecule has 0 aliphatic carbocycles. The molecule has 8 atom stereocenters. The van der Waals surface area contributed by atoms with Gasteiger partial charge in [-0.3, -0.25) is 19.6 Å². The Morgan fingerprint density at radius 2 is 0.862 bits per heavy atom. The molecule has 4 aliphatic heterocycles. The topological polar surface area (TPSA) is 34.2 Å². The monoisotopic (exact) mass is 926 g/mol. The summed E-state index contributed by atoms with van der Waals surface area (Å²) >= 11 is 0. The van der Waals surface area contributed by atoms with Crippen molar-refractivity contribution in [2.45, 2.75) is 276 Å². The van der Waals surface area contributed by atoms with Gasteiger partial charge in [0.1, 0.15) is 0 Å². The lowest BCUT2D eigenvalue weighted by molar-refractivity contribution is -0.114. The molecule has 4 fully saturated rings. The highest BCUT2D eigenvalue weighted by molar-refractivity contribution is 4.95. The maximum Gasteiger partial charge on any atom is 0.0756 e. The third-order valence-electron chi connectivity index (χ3n) is 15.3. The maximum absolute atomic E-state index is 5.95. The molecular weight excluding hydrogens is 795 g/mol. The molecule has 0 amide bonds. The molecule has 0 radical (unpaired) electrons. The van der Waals surface area contributed by atoms with Crippen molar-refractivity contribution in [2.75, 3.05) is 45.9 Å². The molecule has 4 heterocycles. The summed E-state index contributed by atoms with van der Waals surface area (Å²) in [7, 11) is 0. The van der Waals surface area contributed by atoms with E-state index in [0.29, 0.717) is 59.7 Å². The van der Waals surface area contributed by atoms with Crippen LogP contribution in [0.2, 0.25) is 0 Å². The number of likely N-dealkylation sites (tertiary alicyclic amines) is 2. The minimum Gasteiger partial charge on any atom is -0.375 e. The van der Waals surface area contributed by atoms with Crippen molar-refractivity contribution < 1.29 is 4.74 Å². The normalized spacial score (nSPS) is 27.5. The van der Waals surface area contributed by atoms with Gasteiger partial charge in [0, 0.05) is 74.0 Å². The highest BCUT2D eigenvalue weighted by Gasteiger charge is 2.39. The Balaban J connectivity index is -0.000000374. The van der Waals surface area contributed by atoms with Crippen LogP contribution in [0.4, 0.5) is 0 Å². The molecule has 4 saturated heterocycles. The van der Waals surface area contributed by atoms with Gasteiger partial charge in [-0.1, -0.05) is 140 Å². The second-order valence-electron chi connectivity index (χ2n) is 24.8. The Kier molecular flexibility index (Phi) is 36.6. The number of morpholine rings is 1. The largest absolute Gasteiger partial charge is 0.375 e. The molecule has 0 saturated carbocycles. The van der Waals surface area contributed by atoms with Gasteiger partial charge in [0.25, 0.3) is 0 Å². The molecule has 6 heteroatoms. The van der Waals surface area contributed by atoms with Gasteiger partial charge in [-0.2, -0.15) is 0 Å². The number of hydrogen-bond acceptors (Lipinski definition) is 6. The van der Waals surface area contributed by atoms with Crippen LogP contribution in [0, 0.1) is 65.1 Å². The smallest absolute Gasteiger partial charge is 0.0756 e. The highest BCUT2D eigenvalue weighted by atomic mass is 16.5. The van der Waals surface area contributed by atoms with Crippen LogP contribution in [-0.4, -0.2) is 119 Å². The number of ether oxygens (including phenoxy) is 1. The standard InChI is InChI=1S/C15H31N.C14H29N.C13H28N2.C13H27NO.4CH4/c1-11(2)13-8-9-16(15(5,6)7)10-14(13)12(3)4;1-10(2)13-8-7-9-15(12(5)6)14(13)11(3)4;1-9(2)12-13(10(3)4)15(11(5)6)8-7-14-12;1-9(2)12-13(10(3)4)15-8-7-14(12)11(5)6;;;;/h11-14H,8-10H2,1-7H3;10-14H,7-9H2,1-6H3;9-14H,7-8H2,1-6H3;9-13H,7-8H2,1-6H3;4*1H4. The number of piperidine rings is 2. The van der Waals surface area contributed by atoms with Crippen LogP contribution in [0.25, 0.3) is 0 Å². The molecular formula is C59H131N5O. The van der Waals surface area contributed by atoms with Crippen molar-refractivity contribution in [1.82, 2.24) is 24.9 Å². The molecule has 0 aromatic rings. The molecule has 0 aromatic heterocycles. The number of rotatable bonds is 11. The van der Waals surface area contributed by atoms with Gasteiger partial charge in [-0.05, 0) is 160 Å². The van der Waals surface area contributed by atoms with Crippen LogP contribution in [0.5, 0.6) is 0 Å². The van der Waals surface area contributed by atoms with Crippen molar-refractivity contribution in [3.8, 4) is 0 Å². The van der Waals surface area contributed by atoms with Crippen LogP contribution in [0.1, 0.15) is 222 Å². The second kappa shape index (κ2) is 33.4. The Morgan fingerprint density at radius 1 is 0.431 bits per heavy atom. The zero-order valence-corrected chi connectivity index (χ0v) is 46.2. The van der Waals surface area contributed by atoms with E-state index >= 15 is 0 Å². The van der Waals surface area contributed by atoms with Gasteiger partial charge in [0.2, 0.25) is 0 Å². The first kappa shape index (κ1) is 71.3. The summed E-state index contributed by atoms with van der Waals surface area (Å²) in [6.07, 6.45) is 4.62. The summed E-state index contributed by atoms with van der Waals surface area (Å²) in [5.41, 5.74) is 0.342. The number of piperazine rings is 1. The first-order valence-electron chi connectivity index (χ1n) is 26.4. The Hall–Kier alpha value is -0.240. The highest BCUT2D eigenvalue weighted by Crippen LogP contribution is 2.37.